The molecule has 2 aromatic carbocycles. The highest BCUT2D eigenvalue weighted by Crippen LogP contribution is 2.32. The minimum absolute atomic E-state index is 0.270. The normalized spacial score (nSPS) is 10.4. The zero-order chi connectivity index (χ0) is 17.8. The average Bonchev–Trinajstić information content (AvgIpc) is 3.13. The first-order valence-electron chi connectivity index (χ1n) is 7.45. The van der Waals surface area contributed by atoms with Crippen molar-refractivity contribution in [2.75, 3.05) is 19.5 Å². The standard InChI is InChI=1S/C18H16BrN3O3/c1-24-13-7-8-14(17(9-13)25-2)15-10-16(22-21-15)18(23)20-12-5-3-11(19)4-6-12/h3-10H,1-2H3,(H,20,23)(H,21,22). The molecule has 0 atom stereocenters. The van der Waals surface area contributed by atoms with Crippen LogP contribution in [0.25, 0.3) is 11.3 Å². The molecule has 1 aromatic heterocycles. The van der Waals surface area contributed by atoms with Crippen molar-refractivity contribution in [1.29, 1.82) is 0 Å². The van der Waals surface area contributed by atoms with Crippen LogP contribution in [0.1, 0.15) is 10.5 Å². The third-order valence-electron chi connectivity index (χ3n) is 3.61. The number of carbonyl (C=O) groups excluding carboxylic acids is 1. The molecule has 0 saturated heterocycles. The van der Waals surface area contributed by atoms with E-state index in [4.69, 9.17) is 9.47 Å². The van der Waals surface area contributed by atoms with E-state index in [9.17, 15) is 4.79 Å². The van der Waals surface area contributed by atoms with E-state index in [0.717, 1.165) is 10.0 Å². The lowest BCUT2D eigenvalue weighted by Crippen LogP contribution is -2.12. The van der Waals surface area contributed by atoms with Crippen LogP contribution in [0.5, 0.6) is 11.5 Å². The Morgan fingerprint density at radius 1 is 1.08 bits per heavy atom. The van der Waals surface area contributed by atoms with Gasteiger partial charge in [-0.25, -0.2) is 0 Å². The van der Waals surface area contributed by atoms with Gasteiger partial charge >= 0.3 is 0 Å². The lowest BCUT2D eigenvalue weighted by Gasteiger charge is -2.08. The third kappa shape index (κ3) is 3.83. The zero-order valence-corrected chi connectivity index (χ0v) is 15.3. The number of methoxy groups -OCH3 is 2. The van der Waals surface area contributed by atoms with Crippen molar-refractivity contribution in [1.82, 2.24) is 10.2 Å². The molecule has 0 aliphatic rings. The summed E-state index contributed by atoms with van der Waals surface area (Å²) in [5.74, 6) is 1.03. The highest BCUT2D eigenvalue weighted by molar-refractivity contribution is 9.10. The van der Waals surface area contributed by atoms with Crippen molar-refractivity contribution >= 4 is 27.5 Å². The Kier molecular flexibility index (Phi) is 5.04. The molecule has 0 unspecified atom stereocenters. The molecule has 0 saturated carbocycles. The minimum atomic E-state index is -0.270. The van der Waals surface area contributed by atoms with Crippen LogP contribution in [0.15, 0.2) is 53.0 Å². The number of aromatic amines is 1. The molecule has 0 spiro atoms. The number of aromatic nitrogens is 2. The zero-order valence-electron chi connectivity index (χ0n) is 13.7. The maximum absolute atomic E-state index is 12.4. The number of hydrogen-bond donors (Lipinski definition) is 2. The molecule has 2 N–H and O–H groups in total. The Morgan fingerprint density at radius 2 is 1.84 bits per heavy atom. The number of nitrogens with one attached hydrogen (secondary N) is 2. The molecule has 0 radical (unpaired) electrons. The lowest BCUT2D eigenvalue weighted by atomic mass is 10.1. The topological polar surface area (TPSA) is 76.2 Å². The molecule has 128 valence electrons. The Morgan fingerprint density at radius 3 is 2.52 bits per heavy atom. The van der Waals surface area contributed by atoms with Gasteiger partial charge in [0, 0.05) is 21.8 Å². The maximum Gasteiger partial charge on any atom is 0.273 e. The fraction of sp³-hybridized carbons (Fsp3) is 0.111. The minimum Gasteiger partial charge on any atom is -0.497 e. The molecule has 0 bridgehead atoms. The van der Waals surface area contributed by atoms with Gasteiger partial charge in [-0.1, -0.05) is 15.9 Å². The maximum atomic E-state index is 12.4. The number of ether oxygens (including phenoxy) is 2. The molecular weight excluding hydrogens is 386 g/mol. The van der Waals surface area contributed by atoms with E-state index in [-0.39, 0.29) is 5.91 Å². The van der Waals surface area contributed by atoms with Crippen LogP contribution in [0.4, 0.5) is 5.69 Å². The lowest BCUT2D eigenvalue weighted by molar-refractivity contribution is 0.102. The Hall–Kier alpha value is -2.80. The Labute approximate surface area is 153 Å². The number of benzene rings is 2. The number of amides is 1. The summed E-state index contributed by atoms with van der Waals surface area (Å²) >= 11 is 3.36. The quantitative estimate of drug-likeness (QED) is 0.674. The molecule has 25 heavy (non-hydrogen) atoms. The van der Waals surface area contributed by atoms with Crippen LogP contribution in [0, 0.1) is 0 Å². The number of halogens is 1. The van der Waals surface area contributed by atoms with Crippen LogP contribution < -0.4 is 14.8 Å². The summed E-state index contributed by atoms with van der Waals surface area (Å²) in [5, 5.41) is 9.79. The van der Waals surface area contributed by atoms with Crippen molar-refractivity contribution in [3.05, 3.63) is 58.7 Å². The molecule has 0 fully saturated rings. The molecule has 7 heteroatoms. The number of anilines is 1. The molecular formula is C18H16BrN3O3. The van der Waals surface area contributed by atoms with E-state index in [1.54, 1.807) is 26.4 Å². The second kappa shape index (κ2) is 7.40. The van der Waals surface area contributed by atoms with Gasteiger partial charge in [0.1, 0.15) is 17.2 Å². The van der Waals surface area contributed by atoms with Gasteiger partial charge < -0.3 is 14.8 Å². The number of rotatable bonds is 5. The van der Waals surface area contributed by atoms with Crippen molar-refractivity contribution in [3.8, 4) is 22.8 Å². The van der Waals surface area contributed by atoms with Gasteiger partial charge in [0.2, 0.25) is 0 Å². The fourth-order valence-corrected chi connectivity index (χ4v) is 2.58. The number of nitrogens with zero attached hydrogens (tertiary/aromatic N) is 1. The van der Waals surface area contributed by atoms with E-state index in [1.807, 2.05) is 36.4 Å². The Bertz CT molecular complexity index is 891. The fourth-order valence-electron chi connectivity index (χ4n) is 2.32. The molecule has 1 amide bonds. The first kappa shape index (κ1) is 17.0. The van der Waals surface area contributed by atoms with E-state index in [0.29, 0.717) is 28.6 Å². The van der Waals surface area contributed by atoms with Gasteiger partial charge in [0.05, 0.1) is 19.9 Å². The average molecular weight is 402 g/mol. The highest BCUT2D eigenvalue weighted by Gasteiger charge is 2.14. The Balaban J connectivity index is 1.82. The second-order valence-electron chi connectivity index (χ2n) is 5.19. The van der Waals surface area contributed by atoms with Gasteiger partial charge in [-0.15, -0.1) is 0 Å². The number of H-pyrrole nitrogens is 1. The summed E-state index contributed by atoms with van der Waals surface area (Å²) in [7, 11) is 3.17. The highest BCUT2D eigenvalue weighted by atomic mass is 79.9. The van der Waals surface area contributed by atoms with Gasteiger partial charge in [0.15, 0.2) is 0 Å². The SMILES string of the molecule is COc1ccc(-c2cc(C(=O)Nc3ccc(Br)cc3)[nH]n2)c(OC)c1. The van der Waals surface area contributed by atoms with Gasteiger partial charge in [-0.05, 0) is 42.5 Å². The number of hydrogen-bond acceptors (Lipinski definition) is 4. The van der Waals surface area contributed by atoms with Crippen molar-refractivity contribution < 1.29 is 14.3 Å². The second-order valence-corrected chi connectivity index (χ2v) is 6.11. The van der Waals surface area contributed by atoms with Gasteiger partial charge in [0.25, 0.3) is 5.91 Å². The molecule has 1 heterocycles. The van der Waals surface area contributed by atoms with E-state index < -0.39 is 0 Å². The first-order valence-corrected chi connectivity index (χ1v) is 8.24. The van der Waals surface area contributed by atoms with E-state index >= 15 is 0 Å². The predicted molar refractivity (Wildman–Crippen MR) is 99.2 cm³/mol. The summed E-state index contributed by atoms with van der Waals surface area (Å²) in [4.78, 5) is 12.4. The molecule has 3 aromatic rings. The number of carbonyl (C=O) groups is 1. The van der Waals surface area contributed by atoms with E-state index in [1.165, 1.54) is 0 Å². The van der Waals surface area contributed by atoms with Gasteiger partial charge in [-0.2, -0.15) is 5.10 Å². The summed E-state index contributed by atoms with van der Waals surface area (Å²) in [6.45, 7) is 0. The summed E-state index contributed by atoms with van der Waals surface area (Å²) < 4.78 is 11.5. The summed E-state index contributed by atoms with van der Waals surface area (Å²) in [5.41, 5.74) is 2.44. The van der Waals surface area contributed by atoms with Crippen LogP contribution >= 0.6 is 15.9 Å². The molecule has 6 nitrogen and oxygen atoms in total. The summed E-state index contributed by atoms with van der Waals surface area (Å²) in [6.07, 6.45) is 0. The largest absolute Gasteiger partial charge is 0.497 e. The molecule has 0 aliphatic carbocycles. The summed E-state index contributed by atoms with van der Waals surface area (Å²) in [6, 6.07) is 14.4. The van der Waals surface area contributed by atoms with Crippen LogP contribution in [0.2, 0.25) is 0 Å². The van der Waals surface area contributed by atoms with Crippen molar-refractivity contribution in [2.45, 2.75) is 0 Å². The molecule has 0 aliphatic heterocycles. The van der Waals surface area contributed by atoms with Crippen molar-refractivity contribution in [2.24, 2.45) is 0 Å². The van der Waals surface area contributed by atoms with Gasteiger partial charge in [-0.3, -0.25) is 9.89 Å². The van der Waals surface area contributed by atoms with Crippen LogP contribution in [-0.2, 0) is 0 Å². The van der Waals surface area contributed by atoms with Crippen LogP contribution in [-0.4, -0.2) is 30.3 Å². The smallest absolute Gasteiger partial charge is 0.273 e. The van der Waals surface area contributed by atoms with Crippen molar-refractivity contribution in [3.63, 3.8) is 0 Å². The van der Waals surface area contributed by atoms with E-state index in [2.05, 4.69) is 31.4 Å². The van der Waals surface area contributed by atoms with Crippen LogP contribution in [0.3, 0.4) is 0 Å². The molecule has 3 rings (SSSR count). The monoisotopic (exact) mass is 401 g/mol. The third-order valence-corrected chi connectivity index (χ3v) is 4.14. The first-order chi connectivity index (χ1) is 12.1. The predicted octanol–water partition coefficient (Wildman–Crippen LogP) is 4.11.